The predicted molar refractivity (Wildman–Crippen MR) is 44.9 cm³/mol. The second-order valence-electron chi connectivity index (χ2n) is 3.78. The van der Waals surface area contributed by atoms with E-state index in [0.717, 1.165) is 25.9 Å². The maximum absolute atomic E-state index is 12.4. The van der Waals surface area contributed by atoms with Gasteiger partial charge in [-0.05, 0) is 25.9 Å². The van der Waals surface area contributed by atoms with Gasteiger partial charge in [-0.2, -0.15) is 0 Å². The van der Waals surface area contributed by atoms with E-state index in [9.17, 15) is 4.39 Å². The smallest absolute Gasteiger partial charge is 0.105 e. The highest BCUT2D eigenvalue weighted by Gasteiger charge is 2.31. The summed E-state index contributed by atoms with van der Waals surface area (Å²) in [5, 5.41) is 3.28. The van der Waals surface area contributed by atoms with Crippen LogP contribution in [-0.2, 0) is 4.74 Å². The van der Waals surface area contributed by atoms with Gasteiger partial charge in [-0.1, -0.05) is 0 Å². The molecule has 70 valence electrons. The lowest BCUT2D eigenvalue weighted by Gasteiger charge is -2.34. The first kappa shape index (κ1) is 8.45. The largest absolute Gasteiger partial charge is 0.375 e. The maximum Gasteiger partial charge on any atom is 0.105 e. The fourth-order valence-electron chi connectivity index (χ4n) is 1.82. The fourth-order valence-corrected chi connectivity index (χ4v) is 1.82. The van der Waals surface area contributed by atoms with Gasteiger partial charge >= 0.3 is 0 Å². The van der Waals surface area contributed by atoms with Crippen LogP contribution < -0.4 is 5.32 Å². The van der Waals surface area contributed by atoms with E-state index in [1.54, 1.807) is 0 Å². The minimum absolute atomic E-state index is 0.225. The molecule has 2 rings (SSSR count). The van der Waals surface area contributed by atoms with Crippen molar-refractivity contribution in [2.75, 3.05) is 13.1 Å². The van der Waals surface area contributed by atoms with E-state index in [1.807, 2.05) is 0 Å². The first-order valence-corrected chi connectivity index (χ1v) is 4.85. The molecule has 3 heteroatoms. The summed E-state index contributed by atoms with van der Waals surface area (Å²) in [4.78, 5) is 0. The first-order valence-electron chi connectivity index (χ1n) is 4.85. The number of hydrogen-bond acceptors (Lipinski definition) is 2. The predicted octanol–water partition coefficient (Wildman–Crippen LogP) is 1.26. The molecule has 2 fully saturated rings. The van der Waals surface area contributed by atoms with Crippen LogP contribution in [-0.4, -0.2) is 31.5 Å². The molecule has 0 aromatic rings. The van der Waals surface area contributed by atoms with Gasteiger partial charge in [-0.25, -0.2) is 4.39 Å². The summed E-state index contributed by atoms with van der Waals surface area (Å²) < 4.78 is 18.1. The summed E-state index contributed by atoms with van der Waals surface area (Å²) in [6.45, 7) is 2.10. The Balaban J connectivity index is 1.65. The molecule has 1 aliphatic heterocycles. The minimum atomic E-state index is -0.586. The highest BCUT2D eigenvalue weighted by molar-refractivity contribution is 4.82. The highest BCUT2D eigenvalue weighted by Crippen LogP contribution is 2.28. The van der Waals surface area contributed by atoms with Crippen molar-refractivity contribution in [3.8, 4) is 0 Å². The molecule has 0 aromatic carbocycles. The van der Waals surface area contributed by atoms with E-state index in [2.05, 4.69) is 5.32 Å². The second kappa shape index (κ2) is 3.71. The average Bonchev–Trinajstić information content (AvgIpc) is 2.04. The zero-order chi connectivity index (χ0) is 8.39. The topological polar surface area (TPSA) is 21.3 Å². The Labute approximate surface area is 72.5 Å². The van der Waals surface area contributed by atoms with Gasteiger partial charge in [-0.15, -0.1) is 0 Å². The Morgan fingerprint density at radius 2 is 1.75 bits per heavy atom. The third-order valence-electron chi connectivity index (χ3n) is 2.71. The molecular weight excluding hydrogens is 157 g/mol. The van der Waals surface area contributed by atoms with Gasteiger partial charge in [0.2, 0.25) is 0 Å². The number of piperidine rings is 1. The van der Waals surface area contributed by atoms with Crippen LogP contribution >= 0.6 is 0 Å². The van der Waals surface area contributed by atoms with E-state index in [1.165, 1.54) is 0 Å². The molecule has 1 N–H and O–H groups in total. The number of nitrogens with one attached hydrogen (secondary N) is 1. The van der Waals surface area contributed by atoms with Gasteiger partial charge in [0.15, 0.2) is 0 Å². The lowest BCUT2D eigenvalue weighted by atomic mass is 9.93. The van der Waals surface area contributed by atoms with Crippen molar-refractivity contribution in [1.82, 2.24) is 5.32 Å². The summed E-state index contributed by atoms with van der Waals surface area (Å²) in [6, 6.07) is 0. The molecule has 0 atom stereocenters. The van der Waals surface area contributed by atoms with Crippen molar-refractivity contribution in [2.24, 2.45) is 0 Å². The molecule has 0 unspecified atom stereocenters. The molecule has 0 radical (unpaired) electrons. The third kappa shape index (κ3) is 1.96. The summed E-state index contributed by atoms with van der Waals surface area (Å²) >= 11 is 0. The molecule has 1 aliphatic carbocycles. The highest BCUT2D eigenvalue weighted by atomic mass is 19.1. The van der Waals surface area contributed by atoms with E-state index in [-0.39, 0.29) is 6.10 Å². The van der Waals surface area contributed by atoms with Gasteiger partial charge in [0, 0.05) is 12.8 Å². The SMILES string of the molecule is FC1CC(OC2CCNCC2)C1. The van der Waals surface area contributed by atoms with Crippen LogP contribution in [0, 0.1) is 0 Å². The Morgan fingerprint density at radius 1 is 1.08 bits per heavy atom. The Kier molecular flexibility index (Phi) is 2.61. The van der Waals surface area contributed by atoms with Crippen LogP contribution in [0.1, 0.15) is 25.7 Å². The zero-order valence-corrected chi connectivity index (χ0v) is 7.26. The van der Waals surface area contributed by atoms with Crippen LogP contribution in [0.25, 0.3) is 0 Å². The Hall–Kier alpha value is -0.150. The van der Waals surface area contributed by atoms with Crippen LogP contribution in [0.4, 0.5) is 4.39 Å². The van der Waals surface area contributed by atoms with Gasteiger partial charge < -0.3 is 10.1 Å². The van der Waals surface area contributed by atoms with E-state index >= 15 is 0 Å². The first-order chi connectivity index (χ1) is 5.84. The summed E-state index contributed by atoms with van der Waals surface area (Å²) in [5.41, 5.74) is 0. The van der Waals surface area contributed by atoms with Crippen LogP contribution in [0.15, 0.2) is 0 Å². The van der Waals surface area contributed by atoms with Crippen molar-refractivity contribution in [3.05, 3.63) is 0 Å². The molecule has 1 saturated heterocycles. The Morgan fingerprint density at radius 3 is 2.33 bits per heavy atom. The summed E-state index contributed by atoms with van der Waals surface area (Å²) in [7, 11) is 0. The molecule has 2 aliphatic rings. The number of rotatable bonds is 2. The molecule has 0 bridgehead atoms. The molecule has 0 amide bonds. The van der Waals surface area contributed by atoms with Crippen molar-refractivity contribution < 1.29 is 9.13 Å². The minimum Gasteiger partial charge on any atom is -0.375 e. The van der Waals surface area contributed by atoms with Gasteiger partial charge in [0.1, 0.15) is 6.17 Å². The fraction of sp³-hybridized carbons (Fsp3) is 1.00. The van der Waals surface area contributed by atoms with Gasteiger partial charge in [0.05, 0.1) is 12.2 Å². The lowest BCUT2D eigenvalue weighted by molar-refractivity contribution is -0.0900. The van der Waals surface area contributed by atoms with Gasteiger partial charge in [0.25, 0.3) is 0 Å². The monoisotopic (exact) mass is 173 g/mol. The zero-order valence-electron chi connectivity index (χ0n) is 7.26. The van der Waals surface area contributed by atoms with Crippen LogP contribution in [0.3, 0.4) is 0 Å². The van der Waals surface area contributed by atoms with Gasteiger partial charge in [-0.3, -0.25) is 0 Å². The third-order valence-corrected chi connectivity index (χ3v) is 2.71. The number of halogens is 1. The quantitative estimate of drug-likeness (QED) is 0.678. The number of ether oxygens (including phenoxy) is 1. The molecular formula is C9H16FNO. The summed E-state index contributed by atoms with van der Waals surface area (Å²) in [6.07, 6.45) is 3.47. The Bertz CT molecular complexity index is 141. The molecule has 0 spiro atoms. The molecule has 0 aromatic heterocycles. The molecule has 1 heterocycles. The maximum atomic E-state index is 12.4. The van der Waals surface area contributed by atoms with E-state index < -0.39 is 6.17 Å². The van der Waals surface area contributed by atoms with E-state index in [0.29, 0.717) is 18.9 Å². The lowest BCUT2D eigenvalue weighted by Crippen LogP contribution is -2.40. The average molecular weight is 173 g/mol. The van der Waals surface area contributed by atoms with Crippen LogP contribution in [0.2, 0.25) is 0 Å². The van der Waals surface area contributed by atoms with Crippen LogP contribution in [0.5, 0.6) is 0 Å². The van der Waals surface area contributed by atoms with E-state index in [4.69, 9.17) is 4.74 Å². The van der Waals surface area contributed by atoms with Crippen molar-refractivity contribution >= 4 is 0 Å². The standard InChI is InChI=1S/C9H16FNO/c10-7-5-9(6-7)12-8-1-3-11-4-2-8/h7-9,11H,1-6H2. The van der Waals surface area contributed by atoms with Crippen molar-refractivity contribution in [2.45, 2.75) is 44.1 Å². The van der Waals surface area contributed by atoms with Crippen molar-refractivity contribution in [1.29, 1.82) is 0 Å². The second-order valence-corrected chi connectivity index (χ2v) is 3.78. The molecule has 12 heavy (non-hydrogen) atoms. The summed E-state index contributed by atoms with van der Waals surface area (Å²) in [5.74, 6) is 0. The van der Waals surface area contributed by atoms with Crippen molar-refractivity contribution in [3.63, 3.8) is 0 Å². The normalized spacial score (nSPS) is 37.8. The molecule has 1 saturated carbocycles. The number of alkyl halides is 1. The number of hydrogen-bond donors (Lipinski definition) is 1. The molecule has 2 nitrogen and oxygen atoms in total.